The minimum Gasteiger partial charge on any atom is -0.493 e. The van der Waals surface area contributed by atoms with Crippen LogP contribution in [0.1, 0.15) is 0 Å². The summed E-state index contributed by atoms with van der Waals surface area (Å²) in [7, 11) is 1.19. The number of rotatable bonds is 2. The molecule has 0 aromatic heterocycles. The summed E-state index contributed by atoms with van der Waals surface area (Å²) in [6.07, 6.45) is -4.77. The van der Waals surface area contributed by atoms with Crippen LogP contribution in [0.2, 0.25) is 0 Å². The van der Waals surface area contributed by atoms with E-state index in [1.54, 1.807) is 0 Å². The number of hydrogen-bond acceptors (Lipinski definition) is 2. The van der Waals surface area contributed by atoms with E-state index < -0.39 is 17.9 Å². The summed E-state index contributed by atoms with van der Waals surface area (Å²) in [5.74, 6) is -1.16. The Balaban J connectivity index is 2.90. The Morgan fingerprint density at radius 3 is 2.43 bits per heavy atom. The van der Waals surface area contributed by atoms with Crippen molar-refractivity contribution in [3.05, 3.63) is 18.2 Å². The summed E-state index contributed by atoms with van der Waals surface area (Å²) in [5, 5.41) is 10.9. The lowest BCUT2D eigenvalue weighted by atomic mass is 10.3. The topological polar surface area (TPSA) is 38.4 Å². The van der Waals surface area contributed by atoms with E-state index in [1.807, 2.05) is 0 Å². The second-order valence-corrected chi connectivity index (χ2v) is 2.36. The van der Waals surface area contributed by atoms with Gasteiger partial charge in [-0.15, -0.1) is 13.2 Å². The smallest absolute Gasteiger partial charge is 0.493 e. The number of hydrogen-bond donors (Lipinski definition) is 0. The van der Waals surface area contributed by atoms with Crippen molar-refractivity contribution in [2.24, 2.45) is 0 Å². The van der Waals surface area contributed by atoms with Gasteiger partial charge < -0.3 is 9.47 Å². The highest BCUT2D eigenvalue weighted by Gasteiger charge is 2.31. The maximum atomic E-state index is 11.7. The van der Waals surface area contributed by atoms with Crippen molar-refractivity contribution < 1.29 is 27.8 Å². The van der Waals surface area contributed by atoms with Crippen LogP contribution in [-0.4, -0.2) is 13.5 Å². The van der Waals surface area contributed by atoms with E-state index >= 15 is 0 Å². The van der Waals surface area contributed by atoms with Crippen molar-refractivity contribution >= 4 is 0 Å². The molecule has 0 unspecified atom stereocenters. The van der Waals surface area contributed by atoms with Crippen molar-refractivity contribution in [2.75, 3.05) is 7.11 Å². The van der Waals surface area contributed by atoms with Crippen LogP contribution >= 0.6 is 0 Å². The summed E-state index contributed by atoms with van der Waals surface area (Å²) in [6, 6.07) is 2.76. The fourth-order valence-corrected chi connectivity index (χ4v) is 0.845. The molecule has 0 fully saturated rings. The fraction of sp³-hybridized carbons (Fsp3) is 0.250. The van der Waals surface area contributed by atoms with Gasteiger partial charge in [0, 0.05) is 6.07 Å². The summed E-state index contributed by atoms with van der Waals surface area (Å²) >= 11 is 0. The highest BCUT2D eigenvalue weighted by molar-refractivity contribution is 5.44. The molecule has 0 saturated carbocycles. The molecule has 3 nitrogen and oxygen atoms in total. The van der Waals surface area contributed by atoms with E-state index in [9.17, 15) is 18.3 Å². The van der Waals surface area contributed by atoms with Crippen LogP contribution in [0.25, 0.3) is 0 Å². The minimum absolute atomic E-state index is 0.188. The second-order valence-electron chi connectivity index (χ2n) is 2.36. The van der Waals surface area contributed by atoms with Gasteiger partial charge in [0.1, 0.15) is 5.75 Å². The molecule has 6 heteroatoms. The molecule has 1 radical (unpaired) electrons. The van der Waals surface area contributed by atoms with Crippen LogP contribution in [0.4, 0.5) is 13.2 Å². The maximum absolute atomic E-state index is 11.7. The molecule has 0 amide bonds. The normalized spacial score (nSPS) is 11.1. The van der Waals surface area contributed by atoms with E-state index in [-0.39, 0.29) is 5.75 Å². The van der Waals surface area contributed by atoms with Gasteiger partial charge in [-0.2, -0.15) is 0 Å². The Morgan fingerprint density at radius 2 is 1.93 bits per heavy atom. The Hall–Kier alpha value is -1.59. The molecule has 0 N–H and O–H groups in total. The van der Waals surface area contributed by atoms with E-state index in [4.69, 9.17) is 0 Å². The third-order valence-electron chi connectivity index (χ3n) is 1.37. The monoisotopic (exact) mass is 207 g/mol. The van der Waals surface area contributed by atoms with Gasteiger partial charge in [0.2, 0.25) is 5.75 Å². The molecule has 0 heterocycles. The molecular formula is C8H6F3O3. The number of methoxy groups -OCH3 is 1. The van der Waals surface area contributed by atoms with Gasteiger partial charge in [-0.25, -0.2) is 0 Å². The zero-order chi connectivity index (χ0) is 10.8. The molecule has 1 rings (SSSR count). The lowest BCUT2D eigenvalue weighted by molar-refractivity contribution is -0.274. The number of benzene rings is 1. The quantitative estimate of drug-likeness (QED) is 0.747. The molecule has 0 bridgehead atoms. The standard InChI is InChI=1S/C8H6F3O3/c1-13-7-4-5(2-3-6(7)12)14-8(9,10)11/h2-4H,1H3. The average Bonchev–Trinajstić information content (AvgIpc) is 2.06. The first kappa shape index (κ1) is 10.5. The van der Waals surface area contributed by atoms with Gasteiger partial charge in [0.15, 0.2) is 5.75 Å². The van der Waals surface area contributed by atoms with Gasteiger partial charge in [-0.3, -0.25) is 5.11 Å². The van der Waals surface area contributed by atoms with E-state index in [0.29, 0.717) is 0 Å². The Kier molecular flexibility index (Phi) is 2.73. The number of halogens is 3. The van der Waals surface area contributed by atoms with Crippen LogP contribution in [0.3, 0.4) is 0 Å². The third kappa shape index (κ3) is 2.72. The molecule has 1 aromatic carbocycles. The molecule has 14 heavy (non-hydrogen) atoms. The first-order chi connectivity index (χ1) is 6.42. The first-order valence-corrected chi connectivity index (χ1v) is 3.53. The molecule has 0 saturated heterocycles. The molecular weight excluding hydrogens is 201 g/mol. The van der Waals surface area contributed by atoms with Crippen molar-refractivity contribution in [3.8, 4) is 17.2 Å². The Labute approximate surface area is 77.7 Å². The lowest BCUT2D eigenvalue weighted by Crippen LogP contribution is -2.17. The van der Waals surface area contributed by atoms with E-state index in [0.717, 1.165) is 18.2 Å². The summed E-state index contributed by atoms with van der Waals surface area (Å²) in [5.41, 5.74) is 0. The molecule has 0 atom stereocenters. The lowest BCUT2D eigenvalue weighted by Gasteiger charge is -2.09. The predicted octanol–water partition coefficient (Wildman–Crippen LogP) is 2.74. The molecule has 0 aliphatic rings. The van der Waals surface area contributed by atoms with E-state index in [1.165, 1.54) is 7.11 Å². The summed E-state index contributed by atoms with van der Waals surface area (Å²) in [4.78, 5) is 0. The Bertz CT molecular complexity index is 322. The first-order valence-electron chi connectivity index (χ1n) is 3.53. The van der Waals surface area contributed by atoms with Crippen molar-refractivity contribution in [2.45, 2.75) is 6.36 Å². The fourth-order valence-electron chi connectivity index (χ4n) is 0.845. The summed E-state index contributed by atoms with van der Waals surface area (Å²) < 4.78 is 43.3. The van der Waals surface area contributed by atoms with Gasteiger partial charge >= 0.3 is 6.36 Å². The highest BCUT2D eigenvalue weighted by atomic mass is 19.4. The zero-order valence-corrected chi connectivity index (χ0v) is 7.09. The molecule has 1 aromatic rings. The average molecular weight is 207 g/mol. The van der Waals surface area contributed by atoms with Gasteiger partial charge in [-0.1, -0.05) is 0 Å². The Morgan fingerprint density at radius 1 is 1.29 bits per heavy atom. The minimum atomic E-state index is -4.77. The zero-order valence-electron chi connectivity index (χ0n) is 7.09. The van der Waals surface area contributed by atoms with E-state index in [2.05, 4.69) is 9.47 Å². The number of ether oxygens (including phenoxy) is 2. The van der Waals surface area contributed by atoms with Crippen LogP contribution in [-0.2, 0) is 5.11 Å². The van der Waals surface area contributed by atoms with Gasteiger partial charge in [0.05, 0.1) is 7.11 Å². The van der Waals surface area contributed by atoms with Crippen LogP contribution < -0.4 is 9.47 Å². The van der Waals surface area contributed by atoms with Crippen molar-refractivity contribution in [1.29, 1.82) is 0 Å². The van der Waals surface area contributed by atoms with Crippen LogP contribution in [0, 0.1) is 0 Å². The van der Waals surface area contributed by atoms with Crippen molar-refractivity contribution in [1.82, 2.24) is 0 Å². The largest absolute Gasteiger partial charge is 0.573 e. The summed E-state index contributed by atoms with van der Waals surface area (Å²) in [6.45, 7) is 0. The molecule has 0 spiro atoms. The third-order valence-corrected chi connectivity index (χ3v) is 1.37. The maximum Gasteiger partial charge on any atom is 0.573 e. The van der Waals surface area contributed by atoms with Crippen LogP contribution in [0.5, 0.6) is 17.2 Å². The highest BCUT2D eigenvalue weighted by Crippen LogP contribution is 2.32. The second kappa shape index (κ2) is 3.65. The van der Waals surface area contributed by atoms with Gasteiger partial charge in [-0.05, 0) is 12.1 Å². The predicted molar refractivity (Wildman–Crippen MR) is 39.8 cm³/mol. The molecule has 0 aliphatic carbocycles. The number of alkyl halides is 3. The SMILES string of the molecule is COc1cc(OC(F)(F)F)ccc1[O]. The van der Waals surface area contributed by atoms with Crippen LogP contribution in [0.15, 0.2) is 18.2 Å². The molecule has 0 aliphatic heterocycles. The van der Waals surface area contributed by atoms with Crippen molar-refractivity contribution in [3.63, 3.8) is 0 Å². The molecule has 77 valence electrons. The van der Waals surface area contributed by atoms with Gasteiger partial charge in [0.25, 0.3) is 0 Å².